The Morgan fingerprint density at radius 3 is 2.42 bits per heavy atom. The lowest BCUT2D eigenvalue weighted by atomic mass is 10.0. The summed E-state index contributed by atoms with van der Waals surface area (Å²) in [5.74, 6) is 0. The molecule has 168 valence electrons. The Balaban J connectivity index is 2.85. The van der Waals surface area contributed by atoms with Crippen molar-refractivity contribution in [3.05, 3.63) is 81.2 Å². The molecule has 0 aliphatic rings. The average molecular weight is 445 g/mol. The Hall–Kier alpha value is -2.99. The lowest BCUT2D eigenvalue weighted by Gasteiger charge is -2.15. The van der Waals surface area contributed by atoms with E-state index in [-0.39, 0.29) is 13.2 Å². The van der Waals surface area contributed by atoms with Crippen LogP contribution in [0.4, 0.5) is 4.79 Å². The summed E-state index contributed by atoms with van der Waals surface area (Å²) in [7, 11) is 1.68. The zero-order chi connectivity index (χ0) is 23.4. The maximum atomic E-state index is 12.2. The summed E-state index contributed by atoms with van der Waals surface area (Å²) < 4.78 is 5.26. The first-order chi connectivity index (χ1) is 14.7. The summed E-state index contributed by atoms with van der Waals surface area (Å²) in [5, 5.41) is 3.27. The molecule has 0 bridgehead atoms. The van der Waals surface area contributed by atoms with Gasteiger partial charge < -0.3 is 21.5 Å². The summed E-state index contributed by atoms with van der Waals surface area (Å²) >= 11 is 6.09. The number of rotatable bonds is 9. The average Bonchev–Trinajstić information content (AvgIpc) is 2.73. The number of hydrogen-bond acceptors (Lipinski definition) is 5. The summed E-state index contributed by atoms with van der Waals surface area (Å²) in [5.41, 5.74) is 17.5. The van der Waals surface area contributed by atoms with E-state index in [1.165, 1.54) is 0 Å². The van der Waals surface area contributed by atoms with Crippen molar-refractivity contribution in [2.24, 2.45) is 16.5 Å². The fourth-order valence-electron chi connectivity index (χ4n) is 2.78. The molecule has 0 radical (unpaired) electrons. The van der Waals surface area contributed by atoms with Crippen LogP contribution in [0.5, 0.6) is 0 Å². The Labute approximate surface area is 190 Å². The van der Waals surface area contributed by atoms with Crippen molar-refractivity contribution in [1.29, 1.82) is 0 Å². The fourth-order valence-corrected chi connectivity index (χ4v) is 2.97. The molecule has 1 aromatic carbocycles. The van der Waals surface area contributed by atoms with Crippen LogP contribution in [-0.4, -0.2) is 25.4 Å². The van der Waals surface area contributed by atoms with E-state index in [2.05, 4.69) is 23.3 Å². The van der Waals surface area contributed by atoms with Crippen molar-refractivity contribution < 1.29 is 9.53 Å². The van der Waals surface area contributed by atoms with Crippen molar-refractivity contribution in [2.45, 2.75) is 40.7 Å². The Bertz CT molecular complexity index is 923. The molecule has 0 fully saturated rings. The van der Waals surface area contributed by atoms with Gasteiger partial charge in [-0.05, 0) is 50.5 Å². The lowest BCUT2D eigenvalue weighted by molar-refractivity contribution is 0.140. The molecule has 0 aliphatic carbocycles. The quantitative estimate of drug-likeness (QED) is 0.367. The number of hydrogen-bond donors (Lipinski definition) is 3. The summed E-state index contributed by atoms with van der Waals surface area (Å²) in [6, 6.07) is 7.20. The largest absolute Gasteiger partial charge is 0.445 e. The number of nitrogens with one attached hydrogen (secondary N) is 1. The Kier molecular flexibility index (Phi) is 11.2. The minimum atomic E-state index is -0.569. The number of nitrogens with two attached hydrogens (primary N) is 2. The van der Waals surface area contributed by atoms with Crippen LogP contribution in [0.1, 0.15) is 39.7 Å². The van der Waals surface area contributed by atoms with Crippen molar-refractivity contribution in [3.8, 4) is 0 Å². The first-order valence-electron chi connectivity index (χ1n) is 10.1. The number of alkyl carbamates (subject to hydrolysis) is 1. The number of benzene rings is 1. The molecule has 0 heterocycles. The monoisotopic (exact) mass is 444 g/mol. The van der Waals surface area contributed by atoms with Crippen LogP contribution in [0.3, 0.4) is 0 Å². The number of ether oxygens (including phenoxy) is 1. The zero-order valence-corrected chi connectivity index (χ0v) is 19.7. The molecule has 0 spiro atoms. The third-order valence-electron chi connectivity index (χ3n) is 4.56. The van der Waals surface area contributed by atoms with Crippen LogP contribution in [-0.2, 0) is 11.3 Å². The predicted octanol–water partition coefficient (Wildman–Crippen LogP) is 5.01. The first kappa shape index (κ1) is 26.0. The van der Waals surface area contributed by atoms with Crippen molar-refractivity contribution in [1.82, 2.24) is 5.32 Å². The molecule has 0 aromatic heterocycles. The van der Waals surface area contributed by atoms with Crippen LogP contribution >= 0.6 is 11.6 Å². The van der Waals surface area contributed by atoms with Crippen LogP contribution in [0.15, 0.2) is 75.6 Å². The summed E-state index contributed by atoms with van der Waals surface area (Å²) in [4.78, 5) is 16.5. The van der Waals surface area contributed by atoms with Crippen molar-refractivity contribution in [2.75, 3.05) is 13.6 Å². The van der Waals surface area contributed by atoms with E-state index in [1.54, 1.807) is 26.1 Å². The molecular weight excluding hydrogens is 412 g/mol. The van der Waals surface area contributed by atoms with Gasteiger partial charge in [0.25, 0.3) is 0 Å². The zero-order valence-electron chi connectivity index (χ0n) is 19.0. The highest BCUT2D eigenvalue weighted by atomic mass is 35.5. The third kappa shape index (κ3) is 8.72. The van der Waals surface area contributed by atoms with Gasteiger partial charge in [-0.1, -0.05) is 48.9 Å². The molecule has 0 unspecified atom stereocenters. The lowest BCUT2D eigenvalue weighted by Crippen LogP contribution is -2.30. The topological polar surface area (TPSA) is 103 Å². The number of carbonyl (C=O) groups excluding carboxylic acids is 1. The van der Waals surface area contributed by atoms with Gasteiger partial charge in [0.15, 0.2) is 0 Å². The number of amides is 1. The molecule has 0 saturated heterocycles. The van der Waals surface area contributed by atoms with E-state index in [0.717, 1.165) is 23.1 Å². The smallest absolute Gasteiger partial charge is 0.407 e. The molecule has 0 saturated carbocycles. The second-order valence-electron chi connectivity index (χ2n) is 7.02. The van der Waals surface area contributed by atoms with Crippen LogP contribution in [0.25, 0.3) is 0 Å². The van der Waals surface area contributed by atoms with Gasteiger partial charge in [0, 0.05) is 41.1 Å². The molecule has 6 nitrogen and oxygen atoms in total. The van der Waals surface area contributed by atoms with Crippen LogP contribution < -0.4 is 16.8 Å². The van der Waals surface area contributed by atoms with Crippen LogP contribution in [0.2, 0.25) is 5.02 Å². The number of allylic oxidation sites excluding steroid dienone is 6. The molecule has 7 heteroatoms. The van der Waals surface area contributed by atoms with E-state index in [4.69, 9.17) is 27.8 Å². The predicted molar refractivity (Wildman–Crippen MR) is 130 cm³/mol. The highest BCUT2D eigenvalue weighted by Gasteiger charge is 2.13. The van der Waals surface area contributed by atoms with Gasteiger partial charge in [-0.15, -0.1) is 0 Å². The molecule has 0 aliphatic heterocycles. The Morgan fingerprint density at radius 1 is 1.16 bits per heavy atom. The van der Waals surface area contributed by atoms with Gasteiger partial charge in [-0.2, -0.15) is 0 Å². The summed E-state index contributed by atoms with van der Waals surface area (Å²) in [6.45, 7) is 7.98. The van der Waals surface area contributed by atoms with E-state index in [1.807, 2.05) is 38.1 Å². The van der Waals surface area contributed by atoms with Gasteiger partial charge in [0.1, 0.15) is 6.61 Å². The molecule has 5 N–H and O–H groups in total. The Morgan fingerprint density at radius 2 is 1.84 bits per heavy atom. The maximum absolute atomic E-state index is 12.2. The van der Waals surface area contributed by atoms with E-state index < -0.39 is 6.09 Å². The van der Waals surface area contributed by atoms with Gasteiger partial charge in [-0.3, -0.25) is 4.99 Å². The second-order valence-corrected chi connectivity index (χ2v) is 7.43. The minimum absolute atomic E-state index is 0.0779. The van der Waals surface area contributed by atoms with Gasteiger partial charge in [0.05, 0.1) is 5.71 Å². The summed E-state index contributed by atoms with van der Waals surface area (Å²) in [6.07, 6.45) is 6.15. The van der Waals surface area contributed by atoms with E-state index in [9.17, 15) is 4.79 Å². The SMILES string of the molecule is CC/C=C(C)/C(N)=C\C=C(/C)C(=NC)/C(CNC(=O)OCc1ccccc1Cl)=C(/C)N. The van der Waals surface area contributed by atoms with Gasteiger partial charge >= 0.3 is 6.09 Å². The highest BCUT2D eigenvalue weighted by molar-refractivity contribution is 6.31. The number of carbonyl (C=O) groups is 1. The molecular formula is C24H33ClN4O2. The fraction of sp³-hybridized carbons (Fsp3) is 0.333. The molecule has 1 rings (SSSR count). The normalized spacial score (nSPS) is 14.3. The maximum Gasteiger partial charge on any atom is 0.407 e. The third-order valence-corrected chi connectivity index (χ3v) is 4.93. The first-order valence-corrected chi connectivity index (χ1v) is 10.5. The number of halogens is 1. The molecule has 1 aromatic rings. The second kappa shape index (κ2) is 13.3. The standard InChI is InChI=1S/C24H33ClN4O2/c1-6-9-16(2)22(27)13-12-17(3)23(28-5)20(18(4)26)14-29-24(30)31-15-19-10-7-8-11-21(19)25/h7-13H,6,14-15,26-27H2,1-5H3,(H,29,30)/b16-9+,17-12+,20-18-,22-13+,28-23?. The highest BCUT2D eigenvalue weighted by Crippen LogP contribution is 2.16. The van der Waals surface area contributed by atoms with Gasteiger partial charge in [0.2, 0.25) is 0 Å². The number of nitrogens with zero attached hydrogens (tertiary/aromatic N) is 1. The van der Waals surface area contributed by atoms with Crippen molar-refractivity contribution in [3.63, 3.8) is 0 Å². The number of aliphatic imine (C=N–C) groups is 1. The van der Waals surface area contributed by atoms with Crippen molar-refractivity contribution >= 4 is 23.4 Å². The molecule has 31 heavy (non-hydrogen) atoms. The van der Waals surface area contributed by atoms with Gasteiger partial charge in [-0.25, -0.2) is 4.79 Å². The minimum Gasteiger partial charge on any atom is -0.445 e. The van der Waals surface area contributed by atoms with E-state index in [0.29, 0.717) is 27.7 Å². The molecule has 0 atom stereocenters. The van der Waals surface area contributed by atoms with Crippen LogP contribution in [0, 0.1) is 0 Å². The molecule has 1 amide bonds. The van der Waals surface area contributed by atoms with E-state index >= 15 is 0 Å².